The van der Waals surface area contributed by atoms with Crippen molar-refractivity contribution in [3.8, 4) is 34.1 Å². The Bertz CT molecular complexity index is 917. The summed E-state index contributed by atoms with van der Waals surface area (Å²) in [4.78, 5) is 0. The van der Waals surface area contributed by atoms with Crippen molar-refractivity contribution in [3.05, 3.63) is 70.7 Å². The molecule has 24 heavy (non-hydrogen) atoms. The lowest BCUT2D eigenvalue weighted by Gasteiger charge is -2.23. The fraction of sp³-hybridized carbons (Fsp3) is 0.100. The zero-order valence-corrected chi connectivity index (χ0v) is 13.8. The number of rotatable bonds is 2. The maximum atomic E-state index is 10.7. The molecule has 3 nitrogen and oxygen atoms in total. The van der Waals surface area contributed by atoms with Gasteiger partial charge in [0.05, 0.1) is 7.11 Å². The Balaban J connectivity index is 1.89. The number of phenols is 1. The van der Waals surface area contributed by atoms with Gasteiger partial charge in [0, 0.05) is 22.6 Å². The van der Waals surface area contributed by atoms with Crippen molar-refractivity contribution in [3.63, 3.8) is 0 Å². The number of phenolic OH excluding ortho intramolecular Hbond substituents is 1. The Morgan fingerprint density at radius 2 is 1.79 bits per heavy atom. The summed E-state index contributed by atoms with van der Waals surface area (Å²) in [7, 11) is 1.55. The number of aromatic hydroxyl groups is 1. The SMILES string of the molecule is COc1c(-c2ccc(Cl)cc2)cc2c(c1O)Cc1ccccc1O2. The van der Waals surface area contributed by atoms with Crippen LogP contribution in [0.15, 0.2) is 54.6 Å². The fourth-order valence-corrected chi connectivity index (χ4v) is 3.16. The van der Waals surface area contributed by atoms with E-state index in [1.165, 1.54) is 0 Å². The second-order valence-corrected chi connectivity index (χ2v) is 6.11. The molecule has 3 aromatic carbocycles. The molecule has 4 heteroatoms. The van der Waals surface area contributed by atoms with Gasteiger partial charge in [-0.15, -0.1) is 0 Å². The Hall–Kier alpha value is -2.65. The molecule has 1 N–H and O–H groups in total. The summed E-state index contributed by atoms with van der Waals surface area (Å²) in [6.07, 6.45) is 0.606. The smallest absolute Gasteiger partial charge is 0.168 e. The van der Waals surface area contributed by atoms with Crippen LogP contribution in [0.25, 0.3) is 11.1 Å². The summed E-state index contributed by atoms with van der Waals surface area (Å²) >= 11 is 5.97. The first kappa shape index (κ1) is 14.9. The normalized spacial score (nSPS) is 12.1. The fourth-order valence-electron chi connectivity index (χ4n) is 3.04. The molecule has 0 aliphatic carbocycles. The summed E-state index contributed by atoms with van der Waals surface area (Å²) in [6, 6.07) is 17.1. The van der Waals surface area contributed by atoms with E-state index < -0.39 is 0 Å². The van der Waals surface area contributed by atoms with E-state index >= 15 is 0 Å². The Labute approximate surface area is 145 Å². The second-order valence-electron chi connectivity index (χ2n) is 5.68. The first-order chi connectivity index (χ1) is 11.7. The van der Waals surface area contributed by atoms with Gasteiger partial charge in [-0.2, -0.15) is 0 Å². The third kappa shape index (κ3) is 2.38. The van der Waals surface area contributed by atoms with Crippen molar-refractivity contribution >= 4 is 11.6 Å². The van der Waals surface area contributed by atoms with Crippen molar-refractivity contribution in [2.24, 2.45) is 0 Å². The van der Waals surface area contributed by atoms with Gasteiger partial charge in [0.1, 0.15) is 11.5 Å². The van der Waals surface area contributed by atoms with E-state index in [2.05, 4.69) is 0 Å². The van der Waals surface area contributed by atoms with Crippen LogP contribution in [0.5, 0.6) is 23.0 Å². The number of methoxy groups -OCH3 is 1. The third-order valence-corrected chi connectivity index (χ3v) is 4.49. The van der Waals surface area contributed by atoms with E-state index in [9.17, 15) is 5.11 Å². The van der Waals surface area contributed by atoms with Gasteiger partial charge in [-0.3, -0.25) is 0 Å². The molecule has 4 rings (SSSR count). The molecular formula is C20H15ClO3. The molecule has 1 heterocycles. The Morgan fingerprint density at radius 3 is 2.54 bits per heavy atom. The molecule has 0 radical (unpaired) electrons. The first-order valence-electron chi connectivity index (χ1n) is 7.62. The molecule has 0 unspecified atom stereocenters. The highest BCUT2D eigenvalue weighted by atomic mass is 35.5. The van der Waals surface area contributed by atoms with Crippen molar-refractivity contribution in [2.45, 2.75) is 6.42 Å². The van der Waals surface area contributed by atoms with Crippen LogP contribution in [-0.2, 0) is 6.42 Å². The van der Waals surface area contributed by atoms with Gasteiger partial charge in [0.2, 0.25) is 0 Å². The molecule has 0 spiro atoms. The zero-order valence-electron chi connectivity index (χ0n) is 13.0. The topological polar surface area (TPSA) is 38.7 Å². The minimum absolute atomic E-state index is 0.120. The van der Waals surface area contributed by atoms with Gasteiger partial charge in [-0.25, -0.2) is 0 Å². The van der Waals surface area contributed by atoms with Crippen LogP contribution in [0.3, 0.4) is 0 Å². The number of benzene rings is 3. The van der Waals surface area contributed by atoms with E-state index in [4.69, 9.17) is 21.1 Å². The van der Waals surface area contributed by atoms with Crippen LogP contribution in [0, 0.1) is 0 Å². The Kier molecular flexibility index (Phi) is 3.58. The highest BCUT2D eigenvalue weighted by molar-refractivity contribution is 6.30. The summed E-state index contributed by atoms with van der Waals surface area (Å²) in [6.45, 7) is 0. The lowest BCUT2D eigenvalue weighted by molar-refractivity contribution is 0.366. The molecule has 0 amide bonds. The van der Waals surface area contributed by atoms with Crippen LogP contribution >= 0.6 is 11.6 Å². The predicted octanol–water partition coefficient (Wildman–Crippen LogP) is 5.42. The van der Waals surface area contributed by atoms with Gasteiger partial charge in [-0.1, -0.05) is 41.9 Å². The van der Waals surface area contributed by atoms with Crippen LogP contribution in [-0.4, -0.2) is 12.2 Å². The summed E-state index contributed by atoms with van der Waals surface area (Å²) in [5, 5.41) is 11.4. The molecule has 0 saturated heterocycles. The molecule has 120 valence electrons. The number of para-hydroxylation sites is 1. The molecule has 0 atom stereocenters. The minimum Gasteiger partial charge on any atom is -0.504 e. The number of ether oxygens (including phenoxy) is 2. The maximum Gasteiger partial charge on any atom is 0.168 e. The zero-order chi connectivity index (χ0) is 16.7. The molecule has 1 aliphatic heterocycles. The number of hydrogen-bond acceptors (Lipinski definition) is 3. The van der Waals surface area contributed by atoms with E-state index in [1.54, 1.807) is 7.11 Å². The van der Waals surface area contributed by atoms with Gasteiger partial charge in [0.25, 0.3) is 0 Å². The second kappa shape index (κ2) is 5.77. The molecule has 1 aliphatic rings. The van der Waals surface area contributed by atoms with Gasteiger partial charge in [0.15, 0.2) is 11.5 Å². The molecule has 3 aromatic rings. The van der Waals surface area contributed by atoms with Crippen LogP contribution in [0.2, 0.25) is 5.02 Å². The van der Waals surface area contributed by atoms with Gasteiger partial charge < -0.3 is 14.6 Å². The summed E-state index contributed by atoms with van der Waals surface area (Å²) < 4.78 is 11.5. The molecular weight excluding hydrogens is 324 g/mol. The number of hydrogen-bond donors (Lipinski definition) is 1. The lowest BCUT2D eigenvalue weighted by Crippen LogP contribution is -2.04. The van der Waals surface area contributed by atoms with Crippen LogP contribution in [0.4, 0.5) is 0 Å². The molecule has 0 bridgehead atoms. The summed E-state index contributed by atoms with van der Waals surface area (Å²) in [5.74, 6) is 2.03. The maximum absolute atomic E-state index is 10.7. The molecule has 0 saturated carbocycles. The highest BCUT2D eigenvalue weighted by Crippen LogP contribution is 2.49. The van der Waals surface area contributed by atoms with Gasteiger partial charge >= 0.3 is 0 Å². The number of halogens is 1. The van der Waals surface area contributed by atoms with E-state index in [-0.39, 0.29) is 5.75 Å². The van der Waals surface area contributed by atoms with E-state index in [0.29, 0.717) is 22.9 Å². The quantitative estimate of drug-likeness (QED) is 0.530. The van der Waals surface area contributed by atoms with Crippen molar-refractivity contribution in [1.29, 1.82) is 0 Å². The number of fused-ring (bicyclic) bond motifs is 2. The molecule has 0 aromatic heterocycles. The summed E-state index contributed by atoms with van der Waals surface area (Å²) in [5.41, 5.74) is 3.45. The minimum atomic E-state index is 0.120. The average Bonchev–Trinajstić information content (AvgIpc) is 2.61. The Morgan fingerprint density at radius 1 is 1.04 bits per heavy atom. The predicted molar refractivity (Wildman–Crippen MR) is 94.4 cm³/mol. The largest absolute Gasteiger partial charge is 0.504 e. The van der Waals surface area contributed by atoms with Crippen molar-refractivity contribution in [1.82, 2.24) is 0 Å². The van der Waals surface area contributed by atoms with Crippen LogP contribution < -0.4 is 9.47 Å². The first-order valence-corrected chi connectivity index (χ1v) is 7.99. The highest BCUT2D eigenvalue weighted by Gasteiger charge is 2.25. The monoisotopic (exact) mass is 338 g/mol. The van der Waals surface area contributed by atoms with E-state index in [0.717, 1.165) is 28.0 Å². The lowest BCUT2D eigenvalue weighted by atomic mass is 9.95. The van der Waals surface area contributed by atoms with Crippen molar-refractivity contribution < 1.29 is 14.6 Å². The van der Waals surface area contributed by atoms with Crippen LogP contribution in [0.1, 0.15) is 11.1 Å². The van der Waals surface area contributed by atoms with Gasteiger partial charge in [-0.05, 0) is 35.4 Å². The average molecular weight is 339 g/mol. The van der Waals surface area contributed by atoms with Crippen molar-refractivity contribution in [2.75, 3.05) is 7.11 Å². The van der Waals surface area contributed by atoms with E-state index in [1.807, 2.05) is 54.6 Å². The molecule has 0 fully saturated rings. The standard InChI is InChI=1S/C20H15ClO3/c1-23-20-15(12-6-8-14(21)9-7-12)11-18-16(19(20)22)10-13-4-2-3-5-17(13)24-18/h2-9,11,22H,10H2,1H3. The third-order valence-electron chi connectivity index (χ3n) is 4.24.